The first-order valence-corrected chi connectivity index (χ1v) is 9.64. The molecule has 1 aliphatic carbocycles. The van der Waals surface area contributed by atoms with Gasteiger partial charge in [0.05, 0.1) is 5.69 Å². The summed E-state index contributed by atoms with van der Waals surface area (Å²) < 4.78 is 1.91. The molecule has 0 radical (unpaired) electrons. The van der Waals surface area contributed by atoms with E-state index in [1.165, 1.54) is 19.3 Å². The lowest BCUT2D eigenvalue weighted by Crippen LogP contribution is -2.51. The second kappa shape index (κ2) is 6.83. The van der Waals surface area contributed by atoms with E-state index in [2.05, 4.69) is 16.8 Å². The number of amides is 1. The van der Waals surface area contributed by atoms with Gasteiger partial charge in [-0.15, -0.1) is 0 Å². The lowest BCUT2D eigenvalue weighted by molar-refractivity contribution is -0.133. The normalized spacial score (nSPS) is 27.0. The van der Waals surface area contributed by atoms with Crippen LogP contribution in [-0.2, 0) is 4.79 Å². The molecule has 3 atom stereocenters. The van der Waals surface area contributed by atoms with Crippen LogP contribution in [0, 0.1) is 11.8 Å². The molecule has 25 heavy (non-hydrogen) atoms. The number of nitrogens with zero attached hydrogens (tertiary/aromatic N) is 3. The van der Waals surface area contributed by atoms with Crippen molar-refractivity contribution in [2.75, 3.05) is 6.54 Å². The average Bonchev–Trinajstić information content (AvgIpc) is 2.95. The first kappa shape index (κ1) is 16.6. The Hall–Kier alpha value is -1.81. The number of halogens is 1. The summed E-state index contributed by atoms with van der Waals surface area (Å²) in [5.41, 5.74) is 1.55. The Balaban J connectivity index is 1.56. The zero-order valence-corrected chi connectivity index (χ0v) is 15.3. The molecule has 1 saturated heterocycles. The molecule has 1 saturated carbocycles. The zero-order valence-electron chi connectivity index (χ0n) is 14.6. The van der Waals surface area contributed by atoms with Crippen LogP contribution in [0.5, 0.6) is 0 Å². The number of hydrogen-bond donors (Lipinski definition) is 0. The fourth-order valence-corrected chi connectivity index (χ4v) is 4.81. The van der Waals surface area contributed by atoms with Crippen molar-refractivity contribution in [1.29, 1.82) is 0 Å². The van der Waals surface area contributed by atoms with E-state index >= 15 is 0 Å². The molecule has 3 unspecified atom stereocenters. The van der Waals surface area contributed by atoms with Gasteiger partial charge in [-0.1, -0.05) is 37.4 Å². The lowest BCUT2D eigenvalue weighted by atomic mass is 9.72. The van der Waals surface area contributed by atoms with Crippen molar-refractivity contribution in [3.05, 3.63) is 41.3 Å². The molecule has 5 heteroatoms. The maximum Gasteiger partial charge on any atom is 0.246 e. The summed E-state index contributed by atoms with van der Waals surface area (Å²) in [6, 6.07) is 6.18. The molecular weight excluding hydrogens is 334 g/mol. The lowest BCUT2D eigenvalue weighted by Gasteiger charge is -2.47. The van der Waals surface area contributed by atoms with Gasteiger partial charge in [0.1, 0.15) is 5.65 Å². The second-order valence-corrected chi connectivity index (χ2v) is 7.72. The van der Waals surface area contributed by atoms with Crippen LogP contribution in [0.3, 0.4) is 0 Å². The van der Waals surface area contributed by atoms with E-state index in [-0.39, 0.29) is 5.91 Å². The van der Waals surface area contributed by atoms with Gasteiger partial charge in [-0.3, -0.25) is 9.20 Å². The molecule has 0 N–H and O–H groups in total. The Labute approximate surface area is 153 Å². The molecule has 0 spiro atoms. The fraction of sp³-hybridized carbons (Fsp3) is 0.500. The van der Waals surface area contributed by atoms with E-state index < -0.39 is 0 Å². The van der Waals surface area contributed by atoms with E-state index in [9.17, 15) is 4.79 Å². The van der Waals surface area contributed by atoms with Crippen LogP contribution in [0.25, 0.3) is 11.7 Å². The minimum Gasteiger partial charge on any atom is -0.336 e. The van der Waals surface area contributed by atoms with Gasteiger partial charge in [0.2, 0.25) is 5.91 Å². The second-order valence-electron chi connectivity index (χ2n) is 7.36. The highest BCUT2D eigenvalue weighted by Crippen LogP contribution is 2.38. The Bertz CT molecular complexity index is 812. The van der Waals surface area contributed by atoms with Gasteiger partial charge in [-0.05, 0) is 49.3 Å². The highest BCUT2D eigenvalue weighted by atomic mass is 35.5. The van der Waals surface area contributed by atoms with Crippen LogP contribution < -0.4 is 0 Å². The zero-order chi connectivity index (χ0) is 17.4. The maximum atomic E-state index is 12.9. The fourth-order valence-electron chi connectivity index (χ4n) is 4.57. The number of fused-ring (bicyclic) bond motifs is 2. The number of rotatable bonds is 2. The minimum absolute atomic E-state index is 0.103. The molecule has 2 aromatic rings. The summed E-state index contributed by atoms with van der Waals surface area (Å²) in [5.74, 6) is 1.50. The standard InChI is InChI=1S/C20H24ClN3O/c1-14-11-13-24(16-7-3-2-6-15(14)16)19(25)10-9-17-20(21)22-18-8-4-5-12-23(17)18/h4-5,8-10,12,14-16H,2-3,6-7,11,13H2,1H3. The van der Waals surface area contributed by atoms with Crippen LogP contribution in [-0.4, -0.2) is 32.8 Å². The number of aromatic nitrogens is 2. The number of carbonyl (C=O) groups excluding carboxylic acids is 1. The van der Waals surface area contributed by atoms with E-state index in [1.54, 1.807) is 12.2 Å². The Kier molecular flexibility index (Phi) is 4.55. The van der Waals surface area contributed by atoms with Crippen molar-refractivity contribution in [2.45, 2.75) is 45.1 Å². The Morgan fingerprint density at radius 1 is 1.28 bits per heavy atom. The smallest absolute Gasteiger partial charge is 0.246 e. The predicted octanol–water partition coefficient (Wildman–Crippen LogP) is 4.43. The first-order valence-electron chi connectivity index (χ1n) is 9.26. The molecule has 1 amide bonds. The molecule has 1 aliphatic heterocycles. The SMILES string of the molecule is CC1CCN(C(=O)C=Cc2c(Cl)nc3ccccn23)C2CCCCC12. The third-order valence-electron chi connectivity index (χ3n) is 5.93. The third-order valence-corrected chi connectivity index (χ3v) is 6.21. The van der Waals surface area contributed by atoms with Gasteiger partial charge < -0.3 is 4.90 Å². The van der Waals surface area contributed by atoms with Crippen LogP contribution in [0.1, 0.15) is 44.7 Å². The maximum absolute atomic E-state index is 12.9. The molecule has 0 bridgehead atoms. The highest BCUT2D eigenvalue weighted by molar-refractivity contribution is 6.31. The van der Waals surface area contributed by atoms with E-state index in [1.807, 2.05) is 28.8 Å². The van der Waals surface area contributed by atoms with Gasteiger partial charge in [0.15, 0.2) is 5.15 Å². The summed E-state index contributed by atoms with van der Waals surface area (Å²) in [4.78, 5) is 19.3. The quantitative estimate of drug-likeness (QED) is 0.746. The first-order chi connectivity index (χ1) is 12.1. The molecule has 132 valence electrons. The number of pyridine rings is 1. The van der Waals surface area contributed by atoms with Crippen molar-refractivity contribution >= 4 is 29.2 Å². The molecule has 4 rings (SSSR count). The number of piperidine rings is 1. The highest BCUT2D eigenvalue weighted by Gasteiger charge is 2.38. The van der Waals surface area contributed by atoms with Crippen LogP contribution in [0.2, 0.25) is 5.15 Å². The Morgan fingerprint density at radius 2 is 2.12 bits per heavy atom. The van der Waals surface area contributed by atoms with E-state index in [0.29, 0.717) is 17.1 Å². The van der Waals surface area contributed by atoms with Crippen molar-refractivity contribution in [2.24, 2.45) is 11.8 Å². The van der Waals surface area contributed by atoms with Gasteiger partial charge in [-0.2, -0.15) is 0 Å². The molecule has 2 aromatic heterocycles. The van der Waals surface area contributed by atoms with Crippen LogP contribution in [0.4, 0.5) is 0 Å². The Morgan fingerprint density at radius 3 is 3.00 bits per heavy atom. The molecular formula is C20H24ClN3O. The van der Waals surface area contributed by atoms with E-state index in [4.69, 9.17) is 11.6 Å². The number of carbonyl (C=O) groups is 1. The number of hydrogen-bond acceptors (Lipinski definition) is 2. The summed E-state index contributed by atoms with van der Waals surface area (Å²) in [5, 5.41) is 0.429. The molecule has 2 fully saturated rings. The number of likely N-dealkylation sites (tertiary alicyclic amines) is 1. The molecule has 3 heterocycles. The van der Waals surface area contributed by atoms with Gasteiger partial charge in [0.25, 0.3) is 0 Å². The summed E-state index contributed by atoms with van der Waals surface area (Å²) >= 11 is 6.26. The van der Waals surface area contributed by atoms with Crippen LogP contribution in [0.15, 0.2) is 30.5 Å². The number of imidazole rings is 1. The van der Waals surface area contributed by atoms with E-state index in [0.717, 1.165) is 36.6 Å². The third kappa shape index (κ3) is 3.08. The topological polar surface area (TPSA) is 37.6 Å². The molecule has 2 aliphatic rings. The summed E-state index contributed by atoms with van der Waals surface area (Å²) in [6.45, 7) is 3.21. The van der Waals surface area contributed by atoms with Crippen LogP contribution >= 0.6 is 11.6 Å². The van der Waals surface area contributed by atoms with Crippen molar-refractivity contribution in [3.63, 3.8) is 0 Å². The largest absolute Gasteiger partial charge is 0.336 e. The monoisotopic (exact) mass is 357 g/mol. The van der Waals surface area contributed by atoms with Gasteiger partial charge >= 0.3 is 0 Å². The average molecular weight is 358 g/mol. The van der Waals surface area contributed by atoms with Gasteiger partial charge in [-0.25, -0.2) is 4.98 Å². The minimum atomic E-state index is 0.103. The van der Waals surface area contributed by atoms with Crippen molar-refractivity contribution < 1.29 is 4.79 Å². The van der Waals surface area contributed by atoms with Gasteiger partial charge in [0, 0.05) is 24.9 Å². The summed E-state index contributed by atoms with van der Waals surface area (Å²) in [6.07, 6.45) is 11.4. The molecule has 0 aromatic carbocycles. The van der Waals surface area contributed by atoms with Crippen molar-refractivity contribution in [3.8, 4) is 0 Å². The molecule has 4 nitrogen and oxygen atoms in total. The predicted molar refractivity (Wildman–Crippen MR) is 100 cm³/mol. The summed E-state index contributed by atoms with van der Waals surface area (Å²) in [7, 11) is 0. The van der Waals surface area contributed by atoms with Crippen molar-refractivity contribution in [1.82, 2.24) is 14.3 Å².